The molecule has 0 heterocycles. The normalized spacial score (nSPS) is 13.0. The van der Waals surface area contributed by atoms with E-state index >= 15 is 0 Å². The molecule has 0 aromatic rings. The van der Waals surface area contributed by atoms with Crippen molar-refractivity contribution in [3.05, 3.63) is 0 Å². The van der Waals surface area contributed by atoms with E-state index in [1.165, 1.54) is 7.11 Å². The van der Waals surface area contributed by atoms with E-state index < -0.39 is 11.5 Å². The molecule has 0 spiro atoms. The lowest BCUT2D eigenvalue weighted by molar-refractivity contribution is -0.149. The monoisotopic (exact) mass is 244 g/mol. The van der Waals surface area contributed by atoms with Crippen LogP contribution in [0.15, 0.2) is 0 Å². The number of nitrogens with one attached hydrogen (secondary N) is 1. The Morgan fingerprint density at radius 1 is 1.35 bits per heavy atom. The maximum atomic E-state index is 11.6. The van der Waals surface area contributed by atoms with Crippen molar-refractivity contribution in [3.8, 4) is 0 Å². The molecule has 0 saturated carbocycles. The molecule has 1 amide bonds. The maximum absolute atomic E-state index is 11.6. The molecule has 0 fully saturated rings. The molecule has 0 aliphatic rings. The van der Waals surface area contributed by atoms with E-state index in [-0.39, 0.29) is 5.91 Å². The van der Waals surface area contributed by atoms with E-state index in [9.17, 15) is 9.59 Å². The first-order valence-corrected chi connectivity index (χ1v) is 5.93. The van der Waals surface area contributed by atoms with Gasteiger partial charge in [-0.05, 0) is 39.2 Å². The summed E-state index contributed by atoms with van der Waals surface area (Å²) in [6.45, 7) is 5.95. The average Bonchev–Trinajstić information content (AvgIpc) is 2.25. The lowest BCUT2D eigenvalue weighted by atomic mass is 10.0. The predicted octanol–water partition coefficient (Wildman–Crippen LogP) is 0.819. The first-order valence-electron chi connectivity index (χ1n) is 5.93. The number of carbonyl (C=O) groups is 2. The van der Waals surface area contributed by atoms with E-state index in [0.717, 1.165) is 12.8 Å². The molecule has 0 aliphatic heterocycles. The van der Waals surface area contributed by atoms with Crippen LogP contribution in [-0.4, -0.2) is 31.1 Å². The summed E-state index contributed by atoms with van der Waals surface area (Å²) in [5, 5.41) is 2.66. The van der Waals surface area contributed by atoms with Crippen LogP contribution in [0.2, 0.25) is 0 Å². The molecule has 0 saturated heterocycles. The van der Waals surface area contributed by atoms with Crippen molar-refractivity contribution in [2.45, 2.75) is 45.6 Å². The molecule has 5 heteroatoms. The molecule has 0 aromatic heterocycles. The maximum Gasteiger partial charge on any atom is 0.330 e. The van der Waals surface area contributed by atoms with Gasteiger partial charge in [0.25, 0.3) is 0 Å². The summed E-state index contributed by atoms with van der Waals surface area (Å²) in [4.78, 5) is 23.0. The van der Waals surface area contributed by atoms with Gasteiger partial charge in [-0.25, -0.2) is 4.79 Å². The third kappa shape index (κ3) is 6.26. The number of ether oxygens (including phenoxy) is 1. The van der Waals surface area contributed by atoms with E-state index in [4.69, 9.17) is 5.73 Å². The van der Waals surface area contributed by atoms with E-state index in [0.29, 0.717) is 18.9 Å². The van der Waals surface area contributed by atoms with Crippen LogP contribution < -0.4 is 11.1 Å². The zero-order valence-corrected chi connectivity index (χ0v) is 11.2. The minimum absolute atomic E-state index is 0.135. The third-order valence-corrected chi connectivity index (χ3v) is 2.67. The van der Waals surface area contributed by atoms with Gasteiger partial charge in [-0.2, -0.15) is 0 Å². The average molecular weight is 244 g/mol. The zero-order chi connectivity index (χ0) is 13.5. The molecule has 0 radical (unpaired) electrons. The van der Waals surface area contributed by atoms with Crippen LogP contribution in [0.1, 0.15) is 40.0 Å². The highest BCUT2D eigenvalue weighted by Gasteiger charge is 2.30. The molecule has 17 heavy (non-hydrogen) atoms. The smallest absolute Gasteiger partial charge is 0.330 e. The van der Waals surface area contributed by atoms with Gasteiger partial charge in [0.1, 0.15) is 5.54 Å². The highest BCUT2D eigenvalue weighted by atomic mass is 16.5. The van der Waals surface area contributed by atoms with Crippen molar-refractivity contribution in [2.24, 2.45) is 11.7 Å². The molecule has 1 atom stereocenters. The Morgan fingerprint density at radius 3 is 2.41 bits per heavy atom. The number of amides is 1. The fourth-order valence-corrected chi connectivity index (χ4v) is 1.52. The van der Waals surface area contributed by atoms with Gasteiger partial charge in [0.05, 0.1) is 7.11 Å². The number of hydrogen-bond donors (Lipinski definition) is 2. The van der Waals surface area contributed by atoms with E-state index in [1.807, 2.05) is 0 Å². The fourth-order valence-electron chi connectivity index (χ4n) is 1.52. The van der Waals surface area contributed by atoms with Gasteiger partial charge in [0, 0.05) is 6.42 Å². The van der Waals surface area contributed by atoms with Gasteiger partial charge in [0.2, 0.25) is 5.91 Å². The highest BCUT2D eigenvalue weighted by molar-refractivity contribution is 5.87. The van der Waals surface area contributed by atoms with Gasteiger partial charge >= 0.3 is 5.97 Å². The number of hydrogen-bond acceptors (Lipinski definition) is 4. The first kappa shape index (κ1) is 15.9. The molecule has 0 rings (SSSR count). The summed E-state index contributed by atoms with van der Waals surface area (Å²) < 4.78 is 4.61. The Bertz CT molecular complexity index is 264. The summed E-state index contributed by atoms with van der Waals surface area (Å²) in [6, 6.07) is 0. The third-order valence-electron chi connectivity index (χ3n) is 2.67. The van der Waals surface area contributed by atoms with E-state index in [2.05, 4.69) is 17.0 Å². The van der Waals surface area contributed by atoms with Crippen LogP contribution in [-0.2, 0) is 14.3 Å². The molecule has 5 nitrogen and oxygen atoms in total. The fraction of sp³-hybridized carbons (Fsp3) is 0.833. The van der Waals surface area contributed by atoms with Crippen LogP contribution in [0.25, 0.3) is 0 Å². The number of nitrogens with two attached hydrogens (primary N) is 1. The zero-order valence-electron chi connectivity index (χ0n) is 11.2. The predicted molar refractivity (Wildman–Crippen MR) is 66.3 cm³/mol. The lowest BCUT2D eigenvalue weighted by Crippen LogP contribution is -2.50. The summed E-state index contributed by atoms with van der Waals surface area (Å²) in [6.07, 6.45) is 2.09. The minimum Gasteiger partial charge on any atom is -0.467 e. The van der Waals surface area contributed by atoms with Gasteiger partial charge in [-0.3, -0.25) is 4.79 Å². The van der Waals surface area contributed by atoms with Crippen molar-refractivity contribution < 1.29 is 14.3 Å². The van der Waals surface area contributed by atoms with Crippen LogP contribution in [0, 0.1) is 5.92 Å². The molecule has 100 valence electrons. The molecule has 0 bridgehead atoms. The van der Waals surface area contributed by atoms with Crippen LogP contribution >= 0.6 is 0 Å². The van der Waals surface area contributed by atoms with Crippen LogP contribution in [0.3, 0.4) is 0 Å². The largest absolute Gasteiger partial charge is 0.467 e. The Hall–Kier alpha value is -1.10. The summed E-state index contributed by atoms with van der Waals surface area (Å²) in [7, 11) is 1.31. The number of rotatable bonds is 7. The van der Waals surface area contributed by atoms with Crippen LogP contribution in [0.5, 0.6) is 0 Å². The second-order valence-corrected chi connectivity index (χ2v) is 4.89. The molecular formula is C12H24N2O3. The second kappa shape index (κ2) is 7.27. The van der Waals surface area contributed by atoms with Crippen molar-refractivity contribution in [3.63, 3.8) is 0 Å². The summed E-state index contributed by atoms with van der Waals surface area (Å²) in [5.74, 6) is -0.155. The standard InChI is InChI=1S/C12H24N2O3/c1-9(7-8-13)5-6-10(15)14-12(2,3)11(16)17-4/h9H,5-8,13H2,1-4H3,(H,14,15). The Balaban J connectivity index is 4.05. The molecule has 1 unspecified atom stereocenters. The minimum atomic E-state index is -0.969. The topological polar surface area (TPSA) is 81.4 Å². The Labute approximate surface area is 103 Å². The Morgan fingerprint density at radius 2 is 1.94 bits per heavy atom. The molecule has 3 N–H and O–H groups in total. The van der Waals surface area contributed by atoms with Gasteiger partial charge < -0.3 is 15.8 Å². The quantitative estimate of drug-likeness (QED) is 0.650. The first-order chi connectivity index (χ1) is 7.83. The van der Waals surface area contributed by atoms with Crippen molar-refractivity contribution in [1.29, 1.82) is 0 Å². The molecule has 0 aliphatic carbocycles. The lowest BCUT2D eigenvalue weighted by Gasteiger charge is -2.23. The van der Waals surface area contributed by atoms with Crippen molar-refractivity contribution in [1.82, 2.24) is 5.32 Å². The molecule has 0 aromatic carbocycles. The number of carbonyl (C=O) groups excluding carboxylic acids is 2. The van der Waals surface area contributed by atoms with Crippen molar-refractivity contribution >= 4 is 11.9 Å². The highest BCUT2D eigenvalue weighted by Crippen LogP contribution is 2.10. The number of methoxy groups -OCH3 is 1. The summed E-state index contributed by atoms with van der Waals surface area (Å²) in [5.41, 5.74) is 4.46. The SMILES string of the molecule is COC(=O)C(C)(C)NC(=O)CCC(C)CCN. The number of esters is 1. The van der Waals surface area contributed by atoms with E-state index in [1.54, 1.807) is 13.8 Å². The van der Waals surface area contributed by atoms with Crippen LogP contribution in [0.4, 0.5) is 0 Å². The Kier molecular flexibility index (Phi) is 6.80. The second-order valence-electron chi connectivity index (χ2n) is 4.89. The van der Waals surface area contributed by atoms with Gasteiger partial charge in [-0.1, -0.05) is 6.92 Å². The summed E-state index contributed by atoms with van der Waals surface area (Å²) >= 11 is 0. The molecular weight excluding hydrogens is 220 g/mol. The van der Waals surface area contributed by atoms with Gasteiger partial charge in [-0.15, -0.1) is 0 Å². The van der Waals surface area contributed by atoms with Gasteiger partial charge in [0.15, 0.2) is 0 Å². The van der Waals surface area contributed by atoms with Crippen molar-refractivity contribution in [2.75, 3.05) is 13.7 Å².